The molecule has 0 bridgehead atoms. The van der Waals surface area contributed by atoms with Crippen molar-refractivity contribution in [2.45, 2.75) is 44.8 Å². The van der Waals surface area contributed by atoms with E-state index >= 15 is 0 Å². The summed E-state index contributed by atoms with van der Waals surface area (Å²) in [4.78, 5) is 27.0. The molecule has 106 valence electrons. The highest BCUT2D eigenvalue weighted by Crippen LogP contribution is 2.41. The number of aliphatic imine (C=N–C) groups is 1. The van der Waals surface area contributed by atoms with Crippen molar-refractivity contribution in [1.29, 1.82) is 0 Å². The number of aliphatic hydroxyl groups is 1. The number of amides is 2. The maximum atomic E-state index is 11.5. The van der Waals surface area contributed by atoms with Gasteiger partial charge in [-0.3, -0.25) is 14.6 Å². The first-order valence-corrected chi connectivity index (χ1v) is 6.73. The smallest absolute Gasteiger partial charge is 0.228 e. The summed E-state index contributed by atoms with van der Waals surface area (Å²) in [5.74, 6) is -1.14. The summed E-state index contributed by atoms with van der Waals surface area (Å²) in [7, 11) is 0. The van der Waals surface area contributed by atoms with E-state index in [0.717, 1.165) is 32.2 Å². The second kappa shape index (κ2) is 5.28. The van der Waals surface area contributed by atoms with Crippen LogP contribution in [-0.4, -0.2) is 41.8 Å². The zero-order valence-electron chi connectivity index (χ0n) is 11.1. The monoisotopic (exact) mass is 267 g/mol. The van der Waals surface area contributed by atoms with E-state index in [9.17, 15) is 14.7 Å². The highest BCUT2D eigenvalue weighted by molar-refractivity contribution is 5.93. The third-order valence-electron chi connectivity index (χ3n) is 4.29. The Balaban J connectivity index is 1.88. The number of hydrogen-bond donors (Lipinski definition) is 3. The van der Waals surface area contributed by atoms with Gasteiger partial charge < -0.3 is 16.2 Å². The topological polar surface area (TPSA) is 105 Å². The van der Waals surface area contributed by atoms with Gasteiger partial charge in [-0.1, -0.05) is 0 Å². The Kier molecular flexibility index (Phi) is 3.89. The van der Waals surface area contributed by atoms with Crippen LogP contribution >= 0.6 is 0 Å². The standard InChI is InChI=1S/C13H21N3O3/c1-8(17)10(11(14)18)6-15-9-2-4-13(5-3-9)7-16-12(13)19/h6,8-10,17H,2-5,7H2,1H3,(H2,14,18)(H,16,19)/b15-6+/t8-,9?,10?,13?/m1/s1. The molecule has 2 amide bonds. The molecule has 6 nitrogen and oxygen atoms in total. The second-order valence-electron chi connectivity index (χ2n) is 5.66. The van der Waals surface area contributed by atoms with Crippen LogP contribution in [0.5, 0.6) is 0 Å². The molecule has 1 aliphatic carbocycles. The molecule has 1 aliphatic heterocycles. The van der Waals surface area contributed by atoms with Gasteiger partial charge in [-0.05, 0) is 32.6 Å². The van der Waals surface area contributed by atoms with Gasteiger partial charge >= 0.3 is 0 Å². The van der Waals surface area contributed by atoms with E-state index in [1.807, 2.05) is 0 Å². The molecule has 4 N–H and O–H groups in total. The van der Waals surface area contributed by atoms with Crippen LogP contribution in [0, 0.1) is 11.3 Å². The van der Waals surface area contributed by atoms with Crippen molar-refractivity contribution < 1.29 is 14.7 Å². The van der Waals surface area contributed by atoms with Crippen LogP contribution < -0.4 is 11.1 Å². The van der Waals surface area contributed by atoms with Crippen molar-refractivity contribution in [3.8, 4) is 0 Å². The highest BCUT2D eigenvalue weighted by atomic mass is 16.3. The minimum Gasteiger partial charge on any atom is -0.392 e. The Morgan fingerprint density at radius 3 is 2.58 bits per heavy atom. The van der Waals surface area contributed by atoms with E-state index in [0.29, 0.717) is 0 Å². The fourth-order valence-electron chi connectivity index (χ4n) is 2.77. The van der Waals surface area contributed by atoms with Gasteiger partial charge in [-0.25, -0.2) is 0 Å². The average molecular weight is 267 g/mol. The van der Waals surface area contributed by atoms with Gasteiger partial charge in [0.05, 0.1) is 17.4 Å². The van der Waals surface area contributed by atoms with E-state index in [-0.39, 0.29) is 17.4 Å². The summed E-state index contributed by atoms with van der Waals surface area (Å²) in [5, 5.41) is 12.2. The molecular weight excluding hydrogens is 246 g/mol. The van der Waals surface area contributed by atoms with Gasteiger partial charge in [0.15, 0.2) is 0 Å². The molecule has 0 aromatic carbocycles. The Labute approximate surface area is 112 Å². The summed E-state index contributed by atoms with van der Waals surface area (Å²) in [6.45, 7) is 2.30. The lowest BCUT2D eigenvalue weighted by Gasteiger charge is -2.44. The number of carbonyl (C=O) groups excluding carboxylic acids is 2. The highest BCUT2D eigenvalue weighted by Gasteiger charge is 2.47. The zero-order chi connectivity index (χ0) is 14.0. The first-order chi connectivity index (χ1) is 8.94. The molecule has 2 fully saturated rings. The number of aliphatic hydroxyl groups excluding tert-OH is 1. The lowest BCUT2D eigenvalue weighted by Crippen LogP contribution is -2.60. The summed E-state index contributed by atoms with van der Waals surface area (Å²) in [5.41, 5.74) is 5.05. The molecule has 1 unspecified atom stereocenters. The molecule has 1 spiro atoms. The fourth-order valence-corrected chi connectivity index (χ4v) is 2.77. The SMILES string of the molecule is C[C@@H](O)C(/C=N/C1CCC2(CC1)CNC2=O)C(N)=O. The van der Waals surface area contributed by atoms with Gasteiger partial charge in [0.2, 0.25) is 11.8 Å². The second-order valence-corrected chi connectivity index (χ2v) is 5.66. The predicted molar refractivity (Wildman–Crippen MR) is 70.6 cm³/mol. The maximum absolute atomic E-state index is 11.5. The third kappa shape index (κ3) is 2.78. The number of carbonyl (C=O) groups is 2. The van der Waals surface area contributed by atoms with Crippen LogP contribution in [-0.2, 0) is 9.59 Å². The predicted octanol–water partition coefficient (Wildman–Crippen LogP) is -0.402. The minimum absolute atomic E-state index is 0.125. The Hall–Kier alpha value is -1.43. The van der Waals surface area contributed by atoms with Crippen molar-refractivity contribution in [3.05, 3.63) is 0 Å². The maximum Gasteiger partial charge on any atom is 0.228 e. The van der Waals surface area contributed by atoms with Crippen LogP contribution in [0.4, 0.5) is 0 Å². The molecular formula is C13H21N3O3. The largest absolute Gasteiger partial charge is 0.392 e. The number of primary amides is 1. The van der Waals surface area contributed by atoms with Crippen molar-refractivity contribution in [3.63, 3.8) is 0 Å². The molecule has 2 rings (SSSR count). The van der Waals surface area contributed by atoms with E-state index in [1.54, 1.807) is 0 Å². The molecule has 6 heteroatoms. The summed E-state index contributed by atoms with van der Waals surface area (Å²) < 4.78 is 0. The third-order valence-corrected chi connectivity index (χ3v) is 4.29. The number of rotatable bonds is 4. The molecule has 2 aliphatic rings. The van der Waals surface area contributed by atoms with Gasteiger partial charge in [0.25, 0.3) is 0 Å². The molecule has 19 heavy (non-hydrogen) atoms. The number of nitrogens with one attached hydrogen (secondary N) is 1. The van der Waals surface area contributed by atoms with Crippen molar-refractivity contribution in [2.75, 3.05) is 6.54 Å². The van der Waals surface area contributed by atoms with Crippen LogP contribution in [0.15, 0.2) is 4.99 Å². The number of nitrogens with two attached hydrogens (primary N) is 1. The first-order valence-electron chi connectivity index (χ1n) is 6.73. The van der Waals surface area contributed by atoms with Crippen LogP contribution in [0.1, 0.15) is 32.6 Å². The zero-order valence-corrected chi connectivity index (χ0v) is 11.1. The lowest BCUT2D eigenvalue weighted by molar-refractivity contribution is -0.142. The van der Waals surface area contributed by atoms with E-state index < -0.39 is 17.9 Å². The minimum atomic E-state index is -0.825. The molecule has 0 radical (unpaired) electrons. The lowest BCUT2D eigenvalue weighted by atomic mass is 9.68. The summed E-state index contributed by atoms with van der Waals surface area (Å²) in [6.07, 6.45) is 4.02. The first kappa shape index (κ1) is 14.0. The molecule has 1 saturated carbocycles. The molecule has 1 heterocycles. The molecule has 2 atom stereocenters. The van der Waals surface area contributed by atoms with E-state index in [1.165, 1.54) is 13.1 Å². The number of hydrogen-bond acceptors (Lipinski definition) is 4. The summed E-state index contributed by atoms with van der Waals surface area (Å²) >= 11 is 0. The van der Waals surface area contributed by atoms with Crippen LogP contribution in [0.3, 0.4) is 0 Å². The van der Waals surface area contributed by atoms with Crippen molar-refractivity contribution in [1.82, 2.24) is 5.32 Å². The average Bonchev–Trinajstić information content (AvgIpc) is 2.37. The number of nitrogens with zero attached hydrogens (tertiary/aromatic N) is 1. The molecule has 0 aromatic rings. The van der Waals surface area contributed by atoms with Gasteiger partial charge in [0.1, 0.15) is 0 Å². The van der Waals surface area contributed by atoms with Crippen LogP contribution in [0.25, 0.3) is 0 Å². The number of β-lactam (4-membered cyclic amide) rings is 1. The van der Waals surface area contributed by atoms with Gasteiger partial charge in [-0.2, -0.15) is 0 Å². The van der Waals surface area contributed by atoms with Gasteiger partial charge in [0, 0.05) is 18.8 Å². The quantitative estimate of drug-likeness (QED) is 0.476. The Morgan fingerprint density at radius 2 is 2.21 bits per heavy atom. The molecule has 1 saturated heterocycles. The van der Waals surface area contributed by atoms with Crippen molar-refractivity contribution in [2.24, 2.45) is 22.1 Å². The molecule has 0 aromatic heterocycles. The van der Waals surface area contributed by atoms with Crippen LogP contribution in [0.2, 0.25) is 0 Å². The van der Waals surface area contributed by atoms with Gasteiger partial charge in [-0.15, -0.1) is 0 Å². The van der Waals surface area contributed by atoms with Crippen molar-refractivity contribution >= 4 is 18.0 Å². The Morgan fingerprint density at radius 1 is 1.58 bits per heavy atom. The summed E-state index contributed by atoms with van der Waals surface area (Å²) in [6, 6.07) is 0.125. The van der Waals surface area contributed by atoms with E-state index in [2.05, 4.69) is 10.3 Å². The fraction of sp³-hybridized carbons (Fsp3) is 0.769. The normalized spacial score (nSPS) is 33.8. The van der Waals surface area contributed by atoms with E-state index in [4.69, 9.17) is 5.73 Å². The Bertz CT molecular complexity index is 398.